The van der Waals surface area contributed by atoms with Crippen LogP contribution in [0.5, 0.6) is 0 Å². The lowest BCUT2D eigenvalue weighted by Crippen LogP contribution is -2.47. The molecule has 6 nitrogen and oxygen atoms in total. The number of rotatable bonds is 12. The van der Waals surface area contributed by atoms with Crippen LogP contribution in [-0.4, -0.2) is 60.9 Å². The number of thioether (sulfide) groups is 1. The lowest BCUT2D eigenvalue weighted by atomic mass is 10.0. The molecule has 0 spiro atoms. The number of carbonyl (C=O) groups excluding carboxylic acids is 1. The second-order valence-corrected chi connectivity index (χ2v) is 10.7. The van der Waals surface area contributed by atoms with Gasteiger partial charge in [-0.05, 0) is 44.1 Å². The highest BCUT2D eigenvalue weighted by atomic mass is 32.2. The first-order valence-corrected chi connectivity index (χ1v) is 13.5. The maximum atomic E-state index is 12.7. The largest absolute Gasteiger partial charge is 0.367 e. The van der Waals surface area contributed by atoms with Gasteiger partial charge in [-0.1, -0.05) is 66.7 Å². The molecule has 2 N–H and O–H groups in total. The Bertz CT molecular complexity index is 1030. The molecule has 2 unspecified atom stereocenters. The summed E-state index contributed by atoms with van der Waals surface area (Å²) in [4.78, 5) is 18.9. The molecular formula is C29H36N4O2S. The highest BCUT2D eigenvalue weighted by Gasteiger charge is 2.39. The van der Waals surface area contributed by atoms with E-state index in [1.807, 2.05) is 48.7 Å². The van der Waals surface area contributed by atoms with E-state index in [2.05, 4.69) is 64.8 Å². The average Bonchev–Trinajstić information content (AvgIpc) is 3.34. The Hall–Kier alpha value is -2.71. The summed E-state index contributed by atoms with van der Waals surface area (Å²) in [5.74, 6) is 0.813. The molecule has 0 aliphatic carbocycles. The Kier molecular flexibility index (Phi) is 9.53. The number of carbonyl (C=O) groups is 1. The highest BCUT2D eigenvalue weighted by Crippen LogP contribution is 2.38. The fraction of sp³-hybridized carbons (Fsp3) is 0.379. The molecule has 2 atom stereocenters. The van der Waals surface area contributed by atoms with Crippen LogP contribution in [0.1, 0.15) is 36.1 Å². The predicted octanol–water partition coefficient (Wildman–Crippen LogP) is 4.20. The lowest BCUT2D eigenvalue weighted by molar-refractivity contribution is -0.122. The molecule has 1 fully saturated rings. The van der Waals surface area contributed by atoms with Crippen LogP contribution in [0.4, 0.5) is 0 Å². The number of pyridine rings is 1. The van der Waals surface area contributed by atoms with Crippen LogP contribution in [0.15, 0.2) is 85.2 Å². The first-order valence-electron chi connectivity index (χ1n) is 12.5. The van der Waals surface area contributed by atoms with E-state index >= 15 is 0 Å². The molecule has 0 bridgehead atoms. The van der Waals surface area contributed by atoms with E-state index in [9.17, 15) is 4.79 Å². The molecule has 0 saturated carbocycles. The summed E-state index contributed by atoms with van der Waals surface area (Å²) in [6.07, 6.45) is 4.45. The van der Waals surface area contributed by atoms with Gasteiger partial charge in [-0.25, -0.2) is 0 Å². The number of nitrogens with one attached hydrogen (secondary N) is 2. The van der Waals surface area contributed by atoms with Crippen molar-refractivity contribution in [1.29, 1.82) is 0 Å². The predicted molar refractivity (Wildman–Crippen MR) is 147 cm³/mol. The summed E-state index contributed by atoms with van der Waals surface area (Å²) in [6.45, 7) is 5.12. The number of aromatic nitrogens is 1. The number of hydrogen-bond donors (Lipinski definition) is 2. The van der Waals surface area contributed by atoms with Crippen LogP contribution in [-0.2, 0) is 14.4 Å². The second-order valence-electron chi connectivity index (χ2n) is 9.30. The van der Waals surface area contributed by atoms with Gasteiger partial charge in [-0.3, -0.25) is 15.1 Å². The summed E-state index contributed by atoms with van der Waals surface area (Å²) in [7, 11) is 2.10. The Morgan fingerprint density at radius 3 is 2.44 bits per heavy atom. The maximum Gasteiger partial charge on any atom is 0.238 e. The van der Waals surface area contributed by atoms with Gasteiger partial charge in [-0.15, -0.1) is 11.8 Å². The summed E-state index contributed by atoms with van der Waals surface area (Å²) >= 11 is 1.75. The molecule has 1 amide bonds. The Labute approximate surface area is 218 Å². The first-order chi connectivity index (χ1) is 17.5. The van der Waals surface area contributed by atoms with Crippen molar-refractivity contribution < 1.29 is 9.53 Å². The topological polar surface area (TPSA) is 66.5 Å². The number of benzene rings is 2. The van der Waals surface area contributed by atoms with Gasteiger partial charge >= 0.3 is 0 Å². The van der Waals surface area contributed by atoms with E-state index in [1.54, 1.807) is 18.0 Å². The normalized spacial score (nSPS) is 19.6. The zero-order chi connectivity index (χ0) is 25.2. The van der Waals surface area contributed by atoms with Crippen molar-refractivity contribution in [2.45, 2.75) is 30.4 Å². The minimum atomic E-state index is -0.284. The van der Waals surface area contributed by atoms with Crippen LogP contribution in [0.2, 0.25) is 0 Å². The van der Waals surface area contributed by atoms with Crippen LogP contribution < -0.4 is 10.6 Å². The van der Waals surface area contributed by atoms with Crippen molar-refractivity contribution in [2.24, 2.45) is 0 Å². The van der Waals surface area contributed by atoms with Crippen LogP contribution >= 0.6 is 11.8 Å². The zero-order valence-corrected chi connectivity index (χ0v) is 21.9. The highest BCUT2D eigenvalue weighted by molar-refractivity contribution is 8.00. The Balaban J connectivity index is 1.16. The molecular weight excluding hydrogens is 468 g/mol. The molecule has 1 saturated heterocycles. The van der Waals surface area contributed by atoms with Gasteiger partial charge in [0, 0.05) is 36.8 Å². The van der Waals surface area contributed by atoms with Crippen molar-refractivity contribution in [3.05, 3.63) is 102 Å². The van der Waals surface area contributed by atoms with Gasteiger partial charge in [0.15, 0.2) is 0 Å². The van der Waals surface area contributed by atoms with Crippen molar-refractivity contribution in [3.63, 3.8) is 0 Å². The smallest absolute Gasteiger partial charge is 0.238 e. The molecule has 1 aliphatic heterocycles. The third-order valence-corrected chi connectivity index (χ3v) is 7.93. The number of nitrogens with zero attached hydrogens (tertiary/aromatic N) is 2. The molecule has 190 valence electrons. The van der Waals surface area contributed by atoms with Crippen molar-refractivity contribution in [3.8, 4) is 0 Å². The molecule has 7 heteroatoms. The fourth-order valence-electron chi connectivity index (χ4n) is 4.38. The van der Waals surface area contributed by atoms with E-state index < -0.39 is 0 Å². The molecule has 1 aliphatic rings. The summed E-state index contributed by atoms with van der Waals surface area (Å²) in [5, 5.41) is 6.58. The molecule has 0 radical (unpaired) electrons. The van der Waals surface area contributed by atoms with E-state index in [0.29, 0.717) is 13.2 Å². The third-order valence-electron chi connectivity index (χ3n) is 6.50. The molecule has 3 aromatic rings. The summed E-state index contributed by atoms with van der Waals surface area (Å²) < 4.78 is 6.33. The zero-order valence-electron chi connectivity index (χ0n) is 21.1. The van der Waals surface area contributed by atoms with Crippen LogP contribution in [0.3, 0.4) is 0 Å². The number of likely N-dealkylation sites (N-methyl/N-ethyl adjacent to an activating group) is 1. The molecule has 1 aromatic heterocycles. The molecule has 4 rings (SSSR count). The summed E-state index contributed by atoms with van der Waals surface area (Å²) in [6, 6.07) is 24.5. The van der Waals surface area contributed by atoms with Crippen molar-refractivity contribution >= 4 is 17.7 Å². The van der Waals surface area contributed by atoms with E-state index in [1.165, 1.54) is 0 Å². The number of hydrogen-bond acceptors (Lipinski definition) is 6. The van der Waals surface area contributed by atoms with Crippen LogP contribution in [0, 0.1) is 0 Å². The monoisotopic (exact) mass is 504 g/mol. The van der Waals surface area contributed by atoms with Gasteiger partial charge in [0.1, 0.15) is 6.10 Å². The number of amides is 1. The third kappa shape index (κ3) is 7.17. The molecule has 2 heterocycles. The minimum absolute atomic E-state index is 0.0645. The minimum Gasteiger partial charge on any atom is -0.367 e. The molecule has 2 aromatic carbocycles. The van der Waals surface area contributed by atoms with E-state index in [0.717, 1.165) is 42.0 Å². The standard InChI is InChI=1S/C29H36N4O2S/c1-29(25-15-9-16-30-21-25)32-26(22-36-29)28(34)31-17-10-18-33(2)19-20-35-27(23-11-5-3-6-12-23)24-13-7-4-8-14-24/h3-9,11-16,21,26-27,32H,10,17-20,22H2,1-2H3,(H,31,34). The quantitative estimate of drug-likeness (QED) is 0.361. The lowest BCUT2D eigenvalue weighted by Gasteiger charge is -2.24. The fourth-order valence-corrected chi connectivity index (χ4v) is 5.63. The van der Waals surface area contributed by atoms with E-state index in [-0.39, 0.29) is 22.9 Å². The van der Waals surface area contributed by atoms with Crippen molar-refractivity contribution in [2.75, 3.05) is 39.0 Å². The average molecular weight is 505 g/mol. The second kappa shape index (κ2) is 13.0. The van der Waals surface area contributed by atoms with Crippen molar-refractivity contribution in [1.82, 2.24) is 20.5 Å². The van der Waals surface area contributed by atoms with Gasteiger partial charge in [-0.2, -0.15) is 0 Å². The van der Waals surface area contributed by atoms with Gasteiger partial charge in [0.2, 0.25) is 5.91 Å². The maximum absolute atomic E-state index is 12.7. The molecule has 36 heavy (non-hydrogen) atoms. The van der Waals surface area contributed by atoms with Gasteiger partial charge < -0.3 is 15.0 Å². The Morgan fingerprint density at radius 2 is 1.81 bits per heavy atom. The first kappa shape index (κ1) is 26.4. The van der Waals surface area contributed by atoms with E-state index in [4.69, 9.17) is 4.74 Å². The van der Waals surface area contributed by atoms with Gasteiger partial charge in [0.25, 0.3) is 0 Å². The van der Waals surface area contributed by atoms with Crippen LogP contribution in [0.25, 0.3) is 0 Å². The SMILES string of the molecule is CN(CCCNC(=O)C1CSC(C)(c2cccnc2)N1)CCOC(c1ccccc1)c1ccccc1. The Morgan fingerprint density at radius 1 is 1.11 bits per heavy atom. The summed E-state index contributed by atoms with van der Waals surface area (Å²) in [5.41, 5.74) is 3.41. The van der Waals surface area contributed by atoms with Gasteiger partial charge in [0.05, 0.1) is 17.5 Å². The number of ether oxygens (including phenoxy) is 1.